The maximum Gasteiger partial charge on any atom is 0.166 e. The van der Waals surface area contributed by atoms with Crippen molar-refractivity contribution in [3.05, 3.63) is 35.9 Å². The molecule has 1 saturated carbocycles. The predicted octanol–water partition coefficient (Wildman–Crippen LogP) is 2.78. The zero-order valence-electron chi connectivity index (χ0n) is 11.4. The van der Waals surface area contributed by atoms with Gasteiger partial charge < -0.3 is 15.4 Å². The topological polar surface area (TPSA) is 33.3 Å². The Labute approximate surface area is 120 Å². The van der Waals surface area contributed by atoms with E-state index >= 15 is 0 Å². The van der Waals surface area contributed by atoms with Crippen molar-refractivity contribution in [2.75, 3.05) is 13.2 Å². The molecule has 0 aliphatic heterocycles. The van der Waals surface area contributed by atoms with Gasteiger partial charge in [0.25, 0.3) is 0 Å². The number of benzene rings is 1. The molecule has 1 aliphatic rings. The van der Waals surface area contributed by atoms with E-state index < -0.39 is 0 Å². The molecule has 0 spiro atoms. The Morgan fingerprint density at radius 1 is 1.37 bits per heavy atom. The smallest absolute Gasteiger partial charge is 0.166 e. The number of hydrogen-bond donors (Lipinski definition) is 2. The Bertz CT molecular complexity index is 392. The Balaban J connectivity index is 1.52. The van der Waals surface area contributed by atoms with Gasteiger partial charge in [-0.3, -0.25) is 0 Å². The number of rotatable bonds is 7. The van der Waals surface area contributed by atoms with Crippen LogP contribution in [0.3, 0.4) is 0 Å². The SMILES string of the molecule is C[C@@H](OCCCNC(=S)NC1CC1)c1ccccc1. The van der Waals surface area contributed by atoms with E-state index in [2.05, 4.69) is 29.7 Å². The lowest BCUT2D eigenvalue weighted by molar-refractivity contribution is 0.0646. The molecular formula is C15H22N2OS. The lowest BCUT2D eigenvalue weighted by atomic mass is 10.1. The van der Waals surface area contributed by atoms with Crippen LogP contribution in [0.5, 0.6) is 0 Å². The standard InChI is InChI=1S/C15H22N2OS/c1-12(13-6-3-2-4-7-13)18-11-5-10-16-15(19)17-14-8-9-14/h2-4,6-7,12,14H,5,8-11H2,1H3,(H2,16,17,19)/t12-/m1/s1. The van der Waals surface area contributed by atoms with E-state index in [-0.39, 0.29) is 6.10 Å². The summed E-state index contributed by atoms with van der Waals surface area (Å²) in [6.07, 6.45) is 3.61. The Morgan fingerprint density at radius 3 is 2.79 bits per heavy atom. The highest BCUT2D eigenvalue weighted by Gasteiger charge is 2.21. The molecule has 1 aromatic rings. The molecule has 19 heavy (non-hydrogen) atoms. The molecule has 0 unspecified atom stereocenters. The van der Waals surface area contributed by atoms with Crippen LogP contribution >= 0.6 is 12.2 Å². The average Bonchev–Trinajstić information content (AvgIpc) is 3.23. The van der Waals surface area contributed by atoms with Crippen LogP contribution in [0.15, 0.2) is 30.3 Å². The van der Waals surface area contributed by atoms with Crippen LogP contribution in [0.1, 0.15) is 37.9 Å². The quantitative estimate of drug-likeness (QED) is 0.593. The Morgan fingerprint density at radius 2 is 2.11 bits per heavy atom. The third-order valence-corrected chi connectivity index (χ3v) is 3.42. The van der Waals surface area contributed by atoms with Crippen molar-refractivity contribution in [3.63, 3.8) is 0 Å². The Kier molecular flexibility index (Phi) is 5.61. The Hall–Kier alpha value is -1.13. The van der Waals surface area contributed by atoms with Crippen molar-refractivity contribution < 1.29 is 4.74 Å². The third kappa shape index (κ3) is 5.57. The van der Waals surface area contributed by atoms with Gasteiger partial charge in [0, 0.05) is 19.2 Å². The summed E-state index contributed by atoms with van der Waals surface area (Å²) in [7, 11) is 0. The van der Waals surface area contributed by atoms with Gasteiger partial charge >= 0.3 is 0 Å². The molecule has 3 nitrogen and oxygen atoms in total. The number of thiocarbonyl (C=S) groups is 1. The average molecular weight is 278 g/mol. The van der Waals surface area contributed by atoms with Crippen LogP contribution in [0.2, 0.25) is 0 Å². The van der Waals surface area contributed by atoms with Crippen LogP contribution in [0.4, 0.5) is 0 Å². The van der Waals surface area contributed by atoms with Crippen molar-refractivity contribution >= 4 is 17.3 Å². The summed E-state index contributed by atoms with van der Waals surface area (Å²) in [6, 6.07) is 10.9. The second-order valence-electron chi connectivity index (χ2n) is 4.95. The maximum atomic E-state index is 5.80. The highest BCUT2D eigenvalue weighted by Crippen LogP contribution is 2.18. The molecule has 1 fully saturated rings. The summed E-state index contributed by atoms with van der Waals surface area (Å²) in [4.78, 5) is 0. The first-order valence-corrected chi connectivity index (χ1v) is 7.37. The lowest BCUT2D eigenvalue weighted by Crippen LogP contribution is -2.37. The van der Waals surface area contributed by atoms with Gasteiger partial charge in [-0.2, -0.15) is 0 Å². The monoisotopic (exact) mass is 278 g/mol. The fourth-order valence-corrected chi connectivity index (χ4v) is 2.09. The summed E-state index contributed by atoms with van der Waals surface area (Å²) >= 11 is 5.18. The molecule has 2 rings (SSSR count). The summed E-state index contributed by atoms with van der Waals surface area (Å²) in [5, 5.41) is 7.24. The molecule has 0 saturated heterocycles. The van der Waals surface area contributed by atoms with Crippen LogP contribution in [-0.2, 0) is 4.74 Å². The molecule has 2 N–H and O–H groups in total. The van der Waals surface area contributed by atoms with Crippen molar-refractivity contribution in [3.8, 4) is 0 Å². The van der Waals surface area contributed by atoms with E-state index in [0.29, 0.717) is 6.04 Å². The van der Waals surface area contributed by atoms with Gasteiger partial charge in [-0.15, -0.1) is 0 Å². The van der Waals surface area contributed by atoms with E-state index in [4.69, 9.17) is 17.0 Å². The molecular weight excluding hydrogens is 256 g/mol. The fourth-order valence-electron chi connectivity index (χ4n) is 1.82. The highest BCUT2D eigenvalue weighted by molar-refractivity contribution is 7.80. The number of nitrogens with one attached hydrogen (secondary N) is 2. The molecule has 0 radical (unpaired) electrons. The van der Waals surface area contributed by atoms with Crippen LogP contribution in [0.25, 0.3) is 0 Å². The minimum Gasteiger partial charge on any atom is -0.374 e. The van der Waals surface area contributed by atoms with Gasteiger partial charge in [-0.25, -0.2) is 0 Å². The van der Waals surface area contributed by atoms with Gasteiger partial charge in [0.2, 0.25) is 0 Å². The van der Waals surface area contributed by atoms with Crippen LogP contribution in [-0.4, -0.2) is 24.3 Å². The lowest BCUT2D eigenvalue weighted by Gasteiger charge is -2.14. The van der Waals surface area contributed by atoms with Gasteiger partial charge in [-0.05, 0) is 44.0 Å². The van der Waals surface area contributed by atoms with E-state index in [0.717, 1.165) is 24.7 Å². The predicted molar refractivity (Wildman–Crippen MR) is 82.2 cm³/mol. The van der Waals surface area contributed by atoms with Gasteiger partial charge in [0.1, 0.15) is 0 Å². The van der Waals surface area contributed by atoms with Crippen molar-refractivity contribution in [2.24, 2.45) is 0 Å². The zero-order valence-corrected chi connectivity index (χ0v) is 12.2. The van der Waals surface area contributed by atoms with Gasteiger partial charge in [0.15, 0.2) is 5.11 Å². The zero-order chi connectivity index (χ0) is 13.5. The molecule has 0 aromatic heterocycles. The van der Waals surface area contributed by atoms with E-state index in [1.165, 1.54) is 18.4 Å². The summed E-state index contributed by atoms with van der Waals surface area (Å²) < 4.78 is 5.80. The summed E-state index contributed by atoms with van der Waals surface area (Å²) in [5.74, 6) is 0. The minimum atomic E-state index is 0.151. The maximum absolute atomic E-state index is 5.80. The molecule has 4 heteroatoms. The first kappa shape index (κ1) is 14.3. The highest BCUT2D eigenvalue weighted by atomic mass is 32.1. The van der Waals surface area contributed by atoms with Gasteiger partial charge in [-0.1, -0.05) is 30.3 Å². The number of hydrogen-bond acceptors (Lipinski definition) is 2. The molecule has 0 heterocycles. The van der Waals surface area contributed by atoms with Crippen molar-refractivity contribution in [1.29, 1.82) is 0 Å². The molecule has 1 atom stereocenters. The van der Waals surface area contributed by atoms with Crippen molar-refractivity contribution in [1.82, 2.24) is 10.6 Å². The molecule has 0 bridgehead atoms. The fraction of sp³-hybridized carbons (Fsp3) is 0.533. The first-order chi connectivity index (χ1) is 9.25. The first-order valence-electron chi connectivity index (χ1n) is 6.96. The molecule has 0 amide bonds. The largest absolute Gasteiger partial charge is 0.374 e. The second kappa shape index (κ2) is 7.46. The summed E-state index contributed by atoms with van der Waals surface area (Å²) in [6.45, 7) is 3.69. The second-order valence-corrected chi connectivity index (χ2v) is 5.36. The summed E-state index contributed by atoms with van der Waals surface area (Å²) in [5.41, 5.74) is 1.22. The molecule has 1 aliphatic carbocycles. The van der Waals surface area contributed by atoms with E-state index in [1.54, 1.807) is 0 Å². The van der Waals surface area contributed by atoms with Crippen LogP contribution in [0, 0.1) is 0 Å². The minimum absolute atomic E-state index is 0.151. The van der Waals surface area contributed by atoms with Crippen molar-refractivity contribution in [2.45, 2.75) is 38.3 Å². The van der Waals surface area contributed by atoms with Gasteiger partial charge in [0.05, 0.1) is 6.10 Å². The van der Waals surface area contributed by atoms with E-state index in [9.17, 15) is 0 Å². The van der Waals surface area contributed by atoms with E-state index in [1.807, 2.05) is 18.2 Å². The third-order valence-electron chi connectivity index (χ3n) is 3.16. The normalized spacial score (nSPS) is 15.8. The molecule has 104 valence electrons. The molecule has 1 aromatic carbocycles. The van der Waals surface area contributed by atoms with Crippen LogP contribution < -0.4 is 10.6 Å². The number of ether oxygens (including phenoxy) is 1.